The predicted molar refractivity (Wildman–Crippen MR) is 97.0 cm³/mol. The summed E-state index contributed by atoms with van der Waals surface area (Å²) in [5, 5.41) is 4.06. The van der Waals surface area contributed by atoms with E-state index in [0.717, 1.165) is 18.7 Å². The van der Waals surface area contributed by atoms with Crippen molar-refractivity contribution in [3.63, 3.8) is 0 Å². The molecule has 7 heteroatoms. The molecule has 0 bridgehead atoms. The zero-order valence-corrected chi connectivity index (χ0v) is 14.5. The molecule has 1 unspecified atom stereocenters. The van der Waals surface area contributed by atoms with Gasteiger partial charge in [-0.25, -0.2) is 4.98 Å². The van der Waals surface area contributed by atoms with Crippen LogP contribution in [0.5, 0.6) is 0 Å². The van der Waals surface area contributed by atoms with Crippen LogP contribution in [0.2, 0.25) is 10.0 Å². The summed E-state index contributed by atoms with van der Waals surface area (Å²) in [7, 11) is 0. The van der Waals surface area contributed by atoms with Crippen LogP contribution in [0.4, 0.5) is 11.5 Å². The van der Waals surface area contributed by atoms with Gasteiger partial charge in [0, 0.05) is 25.0 Å². The first-order chi connectivity index (χ1) is 11.6. The molecule has 24 heavy (non-hydrogen) atoms. The van der Waals surface area contributed by atoms with Gasteiger partial charge in [-0.2, -0.15) is 0 Å². The maximum atomic E-state index is 12.8. The molecule has 0 saturated carbocycles. The van der Waals surface area contributed by atoms with E-state index >= 15 is 0 Å². The number of hydrogen-bond donors (Lipinski definition) is 2. The molecule has 126 valence electrons. The minimum Gasteiger partial charge on any atom is -0.340 e. The number of aromatic nitrogens is 1. The van der Waals surface area contributed by atoms with Crippen LogP contribution < -0.4 is 11.1 Å². The van der Waals surface area contributed by atoms with Crippen molar-refractivity contribution in [3.8, 4) is 0 Å². The fourth-order valence-corrected chi connectivity index (χ4v) is 3.07. The van der Waals surface area contributed by atoms with Crippen molar-refractivity contribution in [2.45, 2.75) is 6.42 Å². The Morgan fingerprint density at radius 1 is 1.33 bits per heavy atom. The molecule has 1 aliphatic heterocycles. The molecular formula is C17H18Cl2N4O. The lowest BCUT2D eigenvalue weighted by Crippen LogP contribution is -2.30. The Morgan fingerprint density at radius 2 is 2.17 bits per heavy atom. The van der Waals surface area contributed by atoms with E-state index in [1.54, 1.807) is 36.5 Å². The van der Waals surface area contributed by atoms with Gasteiger partial charge >= 0.3 is 0 Å². The Balaban J connectivity index is 1.82. The highest BCUT2D eigenvalue weighted by Gasteiger charge is 2.27. The van der Waals surface area contributed by atoms with E-state index in [1.807, 2.05) is 4.90 Å². The summed E-state index contributed by atoms with van der Waals surface area (Å²) in [6, 6.07) is 8.71. The molecule has 1 aromatic carbocycles. The van der Waals surface area contributed by atoms with Crippen LogP contribution in [-0.4, -0.2) is 35.4 Å². The predicted octanol–water partition coefficient (Wildman–Crippen LogP) is 3.55. The van der Waals surface area contributed by atoms with Crippen molar-refractivity contribution in [1.82, 2.24) is 9.88 Å². The molecule has 1 aromatic heterocycles. The number of rotatable bonds is 4. The van der Waals surface area contributed by atoms with Crippen molar-refractivity contribution < 1.29 is 4.79 Å². The molecule has 0 radical (unpaired) electrons. The summed E-state index contributed by atoms with van der Waals surface area (Å²) in [4.78, 5) is 18.9. The lowest BCUT2D eigenvalue weighted by atomic mass is 10.1. The summed E-state index contributed by atoms with van der Waals surface area (Å²) in [5.74, 6) is 0.829. The summed E-state index contributed by atoms with van der Waals surface area (Å²) < 4.78 is 0. The number of hydrogen-bond acceptors (Lipinski definition) is 4. The maximum absolute atomic E-state index is 12.8. The normalized spacial score (nSPS) is 17.1. The third-order valence-electron chi connectivity index (χ3n) is 4.13. The molecule has 1 fully saturated rings. The van der Waals surface area contributed by atoms with Gasteiger partial charge in [-0.1, -0.05) is 23.2 Å². The number of amides is 1. The van der Waals surface area contributed by atoms with Gasteiger partial charge in [-0.05, 0) is 49.2 Å². The summed E-state index contributed by atoms with van der Waals surface area (Å²) >= 11 is 12.0. The topological polar surface area (TPSA) is 71.2 Å². The third kappa shape index (κ3) is 3.64. The van der Waals surface area contributed by atoms with Crippen LogP contribution in [0.3, 0.4) is 0 Å². The lowest BCUT2D eigenvalue weighted by Gasteiger charge is -2.18. The number of benzene rings is 1. The molecule has 3 rings (SSSR count). The SMILES string of the molecule is NCC1CCN(C(=O)c2cccnc2Nc2ccc(Cl)c(Cl)c2)C1. The molecule has 1 atom stereocenters. The second kappa shape index (κ2) is 7.38. The molecule has 2 aromatic rings. The number of nitrogens with zero attached hydrogens (tertiary/aromatic N) is 2. The average Bonchev–Trinajstić information content (AvgIpc) is 3.07. The van der Waals surface area contributed by atoms with E-state index in [0.29, 0.717) is 40.4 Å². The fraction of sp³-hybridized carbons (Fsp3) is 0.294. The van der Waals surface area contributed by atoms with E-state index in [4.69, 9.17) is 28.9 Å². The highest BCUT2D eigenvalue weighted by atomic mass is 35.5. The van der Waals surface area contributed by atoms with Gasteiger partial charge in [0.25, 0.3) is 5.91 Å². The van der Waals surface area contributed by atoms with Crippen LogP contribution >= 0.6 is 23.2 Å². The maximum Gasteiger partial charge on any atom is 0.257 e. The molecule has 0 aliphatic carbocycles. The number of carbonyl (C=O) groups excluding carboxylic acids is 1. The van der Waals surface area contributed by atoms with Crippen LogP contribution in [-0.2, 0) is 0 Å². The Bertz CT molecular complexity index is 753. The largest absolute Gasteiger partial charge is 0.340 e. The van der Waals surface area contributed by atoms with Crippen LogP contribution in [0.25, 0.3) is 0 Å². The second-order valence-electron chi connectivity index (χ2n) is 5.80. The quantitative estimate of drug-likeness (QED) is 0.869. The molecule has 2 heterocycles. The molecular weight excluding hydrogens is 347 g/mol. The fourth-order valence-electron chi connectivity index (χ4n) is 2.77. The lowest BCUT2D eigenvalue weighted by molar-refractivity contribution is 0.0788. The second-order valence-corrected chi connectivity index (χ2v) is 6.61. The van der Waals surface area contributed by atoms with Crippen molar-refractivity contribution in [2.24, 2.45) is 11.7 Å². The van der Waals surface area contributed by atoms with Gasteiger partial charge in [0.05, 0.1) is 15.6 Å². The summed E-state index contributed by atoms with van der Waals surface area (Å²) in [6.45, 7) is 2.02. The summed E-state index contributed by atoms with van der Waals surface area (Å²) in [5.41, 5.74) is 6.96. The van der Waals surface area contributed by atoms with Crippen molar-refractivity contribution >= 4 is 40.6 Å². The standard InChI is InChI=1S/C17H18Cl2N4O/c18-14-4-3-12(8-15(14)19)22-16-13(2-1-6-21-16)17(24)23-7-5-11(9-20)10-23/h1-4,6,8,11H,5,7,9-10,20H2,(H,21,22). The number of halogens is 2. The number of likely N-dealkylation sites (tertiary alicyclic amines) is 1. The number of anilines is 2. The van der Waals surface area contributed by atoms with Crippen molar-refractivity contribution in [1.29, 1.82) is 0 Å². The first kappa shape index (κ1) is 17.0. The number of carbonyl (C=O) groups is 1. The van der Waals surface area contributed by atoms with Gasteiger partial charge < -0.3 is 16.0 Å². The Hall–Kier alpha value is -1.82. The molecule has 1 amide bonds. The van der Waals surface area contributed by atoms with E-state index in [1.165, 1.54) is 0 Å². The van der Waals surface area contributed by atoms with Gasteiger partial charge in [0.15, 0.2) is 0 Å². The summed E-state index contributed by atoms with van der Waals surface area (Å²) in [6.07, 6.45) is 2.58. The third-order valence-corrected chi connectivity index (χ3v) is 4.87. The van der Waals surface area contributed by atoms with Crippen molar-refractivity contribution in [3.05, 3.63) is 52.1 Å². The van der Waals surface area contributed by atoms with Crippen LogP contribution in [0.1, 0.15) is 16.8 Å². The molecule has 1 aliphatic rings. The Kier molecular flexibility index (Phi) is 5.23. The highest BCUT2D eigenvalue weighted by molar-refractivity contribution is 6.42. The zero-order valence-electron chi connectivity index (χ0n) is 13.0. The zero-order chi connectivity index (χ0) is 17.1. The van der Waals surface area contributed by atoms with Gasteiger partial charge in [0.1, 0.15) is 5.82 Å². The van der Waals surface area contributed by atoms with Gasteiger partial charge in [-0.3, -0.25) is 4.79 Å². The first-order valence-electron chi connectivity index (χ1n) is 7.75. The van der Waals surface area contributed by atoms with E-state index in [-0.39, 0.29) is 5.91 Å². The Morgan fingerprint density at radius 3 is 2.88 bits per heavy atom. The van der Waals surface area contributed by atoms with Gasteiger partial charge in [-0.15, -0.1) is 0 Å². The Labute approximate surface area is 150 Å². The molecule has 0 spiro atoms. The number of nitrogens with two attached hydrogens (primary N) is 1. The van der Waals surface area contributed by atoms with E-state index < -0.39 is 0 Å². The van der Waals surface area contributed by atoms with Crippen molar-refractivity contribution in [2.75, 3.05) is 25.0 Å². The van der Waals surface area contributed by atoms with E-state index in [9.17, 15) is 4.79 Å². The highest BCUT2D eigenvalue weighted by Crippen LogP contribution is 2.28. The molecule has 5 nitrogen and oxygen atoms in total. The molecule has 3 N–H and O–H groups in total. The first-order valence-corrected chi connectivity index (χ1v) is 8.50. The molecule has 1 saturated heterocycles. The number of nitrogens with one attached hydrogen (secondary N) is 1. The minimum absolute atomic E-state index is 0.0402. The smallest absolute Gasteiger partial charge is 0.257 e. The monoisotopic (exact) mass is 364 g/mol. The van der Waals surface area contributed by atoms with Gasteiger partial charge in [0.2, 0.25) is 0 Å². The minimum atomic E-state index is -0.0402. The van der Waals surface area contributed by atoms with E-state index in [2.05, 4.69) is 10.3 Å². The van der Waals surface area contributed by atoms with Crippen LogP contribution in [0, 0.1) is 5.92 Å². The average molecular weight is 365 g/mol. The van der Waals surface area contributed by atoms with Crippen LogP contribution in [0.15, 0.2) is 36.5 Å². The number of pyridine rings is 1.